The summed E-state index contributed by atoms with van der Waals surface area (Å²) in [6, 6.07) is 0. The van der Waals surface area contributed by atoms with E-state index in [1.54, 1.807) is 0 Å². The van der Waals surface area contributed by atoms with Crippen molar-refractivity contribution < 1.29 is 0 Å². The molecule has 0 fully saturated rings. The zero-order chi connectivity index (χ0) is 7.61. The van der Waals surface area contributed by atoms with Crippen molar-refractivity contribution in [3.63, 3.8) is 0 Å². The summed E-state index contributed by atoms with van der Waals surface area (Å²) in [5.74, 6) is 0.606. The summed E-state index contributed by atoms with van der Waals surface area (Å²) < 4.78 is 0. The maximum absolute atomic E-state index is 5.75. The Morgan fingerprint density at radius 2 is 2.36 bits per heavy atom. The molecule has 0 amide bonds. The molecule has 1 rings (SSSR count). The number of dihydropyridines is 1. The number of nitrogens with zero attached hydrogens (tertiary/aromatic N) is 1. The van der Waals surface area contributed by atoms with E-state index in [2.05, 4.69) is 18.0 Å². The molecule has 1 aliphatic heterocycles. The number of allylic oxidation sites excluding steroid dienone is 1. The molecule has 0 spiro atoms. The Hall–Kier alpha value is -0.0100. The van der Waals surface area contributed by atoms with Crippen LogP contribution >= 0.6 is 24.0 Å². The summed E-state index contributed by atoms with van der Waals surface area (Å²) in [7, 11) is 0. The van der Waals surface area contributed by atoms with Gasteiger partial charge >= 0.3 is 0 Å². The Kier molecular flexibility index (Phi) is 4.12. The van der Waals surface area contributed by atoms with E-state index in [-0.39, 0.29) is 17.9 Å². The number of hydrogen-bond donors (Lipinski definition) is 0. The first-order valence-corrected chi connectivity index (χ1v) is 3.99. The lowest BCUT2D eigenvalue weighted by atomic mass is 9.98. The molecular weight excluding hydrogens is 181 g/mol. The predicted molar refractivity (Wildman–Crippen MR) is 53.2 cm³/mol. The van der Waals surface area contributed by atoms with Gasteiger partial charge in [0.05, 0.1) is 5.54 Å². The molecule has 0 aromatic heterocycles. The molecule has 64 valence electrons. The van der Waals surface area contributed by atoms with Gasteiger partial charge in [0.1, 0.15) is 0 Å². The second kappa shape index (κ2) is 4.13. The highest BCUT2D eigenvalue weighted by atomic mass is 35.5. The Bertz CT molecular complexity index is 187. The second-order valence-electron chi connectivity index (χ2n) is 2.99. The van der Waals surface area contributed by atoms with Crippen LogP contribution in [0.3, 0.4) is 0 Å². The van der Waals surface area contributed by atoms with Gasteiger partial charge < -0.3 is 0 Å². The van der Waals surface area contributed by atoms with Crippen molar-refractivity contribution in [1.82, 2.24) is 0 Å². The largest absolute Gasteiger partial charge is 0.282 e. The maximum atomic E-state index is 5.75. The van der Waals surface area contributed by atoms with Crippen LogP contribution in [0.2, 0.25) is 0 Å². The monoisotopic (exact) mass is 193 g/mol. The minimum absolute atomic E-state index is 0. The van der Waals surface area contributed by atoms with Crippen LogP contribution in [0, 0.1) is 0 Å². The van der Waals surface area contributed by atoms with Gasteiger partial charge in [-0.05, 0) is 26.3 Å². The molecule has 0 aliphatic carbocycles. The summed E-state index contributed by atoms with van der Waals surface area (Å²) in [6.45, 7) is 4.08. The Morgan fingerprint density at radius 1 is 1.73 bits per heavy atom. The van der Waals surface area contributed by atoms with Crippen LogP contribution in [0.4, 0.5) is 0 Å². The van der Waals surface area contributed by atoms with Gasteiger partial charge in [-0.25, -0.2) is 0 Å². The van der Waals surface area contributed by atoms with Gasteiger partial charge in [0.2, 0.25) is 0 Å². The summed E-state index contributed by atoms with van der Waals surface area (Å²) in [6.07, 6.45) is 5.13. The van der Waals surface area contributed by atoms with E-state index < -0.39 is 0 Å². The third kappa shape index (κ3) is 2.84. The van der Waals surface area contributed by atoms with Crippen LogP contribution in [-0.2, 0) is 0 Å². The molecule has 1 unspecified atom stereocenters. The van der Waals surface area contributed by atoms with E-state index in [1.807, 2.05) is 13.0 Å². The average Bonchev–Trinajstić information content (AvgIpc) is 1.88. The molecule has 1 aliphatic rings. The quantitative estimate of drug-likeness (QED) is 0.569. The Balaban J connectivity index is 0.000001000. The first-order valence-electron chi connectivity index (χ1n) is 3.45. The van der Waals surface area contributed by atoms with Gasteiger partial charge in [-0.3, -0.25) is 4.99 Å². The molecule has 0 saturated heterocycles. The summed E-state index contributed by atoms with van der Waals surface area (Å²) >= 11 is 5.75. The predicted octanol–water partition coefficient (Wildman–Crippen LogP) is 2.83. The van der Waals surface area contributed by atoms with E-state index in [4.69, 9.17) is 11.6 Å². The molecule has 0 aromatic rings. The maximum Gasteiger partial charge on any atom is 0.0752 e. The van der Waals surface area contributed by atoms with Gasteiger partial charge in [0, 0.05) is 11.6 Å². The lowest BCUT2D eigenvalue weighted by Crippen LogP contribution is -2.26. The topological polar surface area (TPSA) is 12.4 Å². The molecule has 3 heteroatoms. The fourth-order valence-electron chi connectivity index (χ4n) is 1.08. The number of alkyl halides is 1. The van der Waals surface area contributed by atoms with E-state index in [0.29, 0.717) is 5.88 Å². The van der Waals surface area contributed by atoms with Crippen LogP contribution in [0.25, 0.3) is 0 Å². The first-order chi connectivity index (χ1) is 4.66. The van der Waals surface area contributed by atoms with Crippen molar-refractivity contribution in [2.75, 3.05) is 5.88 Å². The second-order valence-corrected chi connectivity index (χ2v) is 3.26. The highest BCUT2D eigenvalue weighted by Crippen LogP contribution is 2.21. The van der Waals surface area contributed by atoms with Crippen LogP contribution in [0.1, 0.15) is 20.3 Å². The minimum atomic E-state index is -0.0413. The normalized spacial score (nSPS) is 29.2. The summed E-state index contributed by atoms with van der Waals surface area (Å²) in [4.78, 5) is 4.43. The third-order valence-corrected chi connectivity index (χ3v) is 2.23. The summed E-state index contributed by atoms with van der Waals surface area (Å²) in [5, 5.41) is 0. The van der Waals surface area contributed by atoms with Crippen LogP contribution < -0.4 is 0 Å². The molecule has 0 radical (unpaired) electrons. The zero-order valence-electron chi connectivity index (χ0n) is 6.80. The van der Waals surface area contributed by atoms with Crippen molar-refractivity contribution in [3.8, 4) is 0 Å². The number of hydrogen-bond acceptors (Lipinski definition) is 1. The van der Waals surface area contributed by atoms with Crippen molar-refractivity contribution in [3.05, 3.63) is 12.2 Å². The van der Waals surface area contributed by atoms with E-state index in [9.17, 15) is 0 Å². The SMILES string of the molecule is CC1=NC(C)(CCl)CC=C1.Cl. The highest BCUT2D eigenvalue weighted by molar-refractivity contribution is 6.18. The minimum Gasteiger partial charge on any atom is -0.282 e. The fourth-order valence-corrected chi connectivity index (χ4v) is 1.25. The molecular formula is C8H13Cl2N. The third-order valence-electron chi connectivity index (χ3n) is 1.65. The molecule has 11 heavy (non-hydrogen) atoms. The number of aliphatic imine (C=N–C) groups is 1. The van der Waals surface area contributed by atoms with Crippen LogP contribution in [0.15, 0.2) is 17.1 Å². The molecule has 0 saturated carbocycles. The van der Waals surface area contributed by atoms with Gasteiger partial charge in [0.15, 0.2) is 0 Å². The molecule has 0 bridgehead atoms. The number of rotatable bonds is 1. The lowest BCUT2D eigenvalue weighted by Gasteiger charge is -2.23. The fraction of sp³-hybridized carbons (Fsp3) is 0.625. The molecule has 1 nitrogen and oxygen atoms in total. The van der Waals surface area contributed by atoms with Crippen LogP contribution in [-0.4, -0.2) is 17.1 Å². The van der Waals surface area contributed by atoms with Gasteiger partial charge in [0.25, 0.3) is 0 Å². The van der Waals surface area contributed by atoms with Crippen molar-refractivity contribution in [2.24, 2.45) is 4.99 Å². The van der Waals surface area contributed by atoms with Gasteiger partial charge in [-0.1, -0.05) is 6.08 Å². The molecule has 0 N–H and O–H groups in total. The van der Waals surface area contributed by atoms with Gasteiger partial charge in [-0.2, -0.15) is 0 Å². The smallest absolute Gasteiger partial charge is 0.0752 e. The zero-order valence-corrected chi connectivity index (χ0v) is 8.37. The number of halogens is 2. The molecule has 0 aromatic carbocycles. The van der Waals surface area contributed by atoms with Gasteiger partial charge in [-0.15, -0.1) is 24.0 Å². The van der Waals surface area contributed by atoms with Crippen molar-refractivity contribution >= 4 is 29.7 Å². The molecule has 1 heterocycles. The van der Waals surface area contributed by atoms with E-state index >= 15 is 0 Å². The lowest BCUT2D eigenvalue weighted by molar-refractivity contribution is 0.533. The van der Waals surface area contributed by atoms with Crippen LogP contribution in [0.5, 0.6) is 0 Å². The van der Waals surface area contributed by atoms with Crippen molar-refractivity contribution in [2.45, 2.75) is 25.8 Å². The van der Waals surface area contributed by atoms with E-state index in [1.165, 1.54) is 0 Å². The average molecular weight is 194 g/mol. The molecule has 1 atom stereocenters. The van der Waals surface area contributed by atoms with Crippen molar-refractivity contribution in [1.29, 1.82) is 0 Å². The highest BCUT2D eigenvalue weighted by Gasteiger charge is 2.21. The standard InChI is InChI=1S/C8H12ClN.ClH/c1-7-4-3-5-8(2,6-9)10-7;/h3-4H,5-6H2,1-2H3;1H. The Labute approximate surface area is 79.0 Å². The first kappa shape index (κ1) is 11.0. The summed E-state index contributed by atoms with van der Waals surface area (Å²) in [5.41, 5.74) is 1.04. The van der Waals surface area contributed by atoms with E-state index in [0.717, 1.165) is 12.1 Å². The Morgan fingerprint density at radius 3 is 2.73 bits per heavy atom.